The van der Waals surface area contributed by atoms with Crippen molar-refractivity contribution in [2.75, 3.05) is 0 Å². The summed E-state index contributed by atoms with van der Waals surface area (Å²) in [6.45, 7) is 1.89. The number of benzene rings is 2. The maximum absolute atomic E-state index is 12.6. The van der Waals surface area contributed by atoms with Crippen LogP contribution in [0.3, 0.4) is 0 Å². The minimum Gasteiger partial charge on any atom is -0.375 e. The molecule has 0 aromatic heterocycles. The van der Waals surface area contributed by atoms with Gasteiger partial charge in [0.05, 0.1) is 4.90 Å². The van der Waals surface area contributed by atoms with E-state index in [0.29, 0.717) is 12.8 Å². The molecule has 2 aromatic carbocycles. The summed E-state index contributed by atoms with van der Waals surface area (Å²) in [4.78, 5) is 0.0899. The molecule has 5 heteroatoms. The molecule has 1 saturated carbocycles. The van der Waals surface area contributed by atoms with Crippen LogP contribution in [0.1, 0.15) is 36.8 Å². The Morgan fingerprint density at radius 2 is 1.77 bits per heavy atom. The summed E-state index contributed by atoms with van der Waals surface area (Å²) < 4.78 is 30.6. The molecule has 1 aliphatic rings. The van der Waals surface area contributed by atoms with E-state index in [9.17, 15) is 13.5 Å². The van der Waals surface area contributed by atoms with Crippen LogP contribution in [0.5, 0.6) is 0 Å². The van der Waals surface area contributed by atoms with Crippen molar-refractivity contribution in [1.29, 1.82) is 0 Å². The van der Waals surface area contributed by atoms with Crippen LogP contribution in [0.15, 0.2) is 59.5 Å². The minimum absolute atomic E-state index is 0.0899. The van der Waals surface area contributed by atoms with Crippen molar-refractivity contribution < 1.29 is 17.7 Å². The number of hydrogen-bond donors (Lipinski definition) is 1. The molecular formula is C21H22O4S. The first-order valence-corrected chi connectivity index (χ1v) is 10.1. The molecule has 2 atom stereocenters. The maximum Gasteiger partial charge on any atom is 0.297 e. The van der Waals surface area contributed by atoms with Gasteiger partial charge in [-0.15, -0.1) is 0 Å². The van der Waals surface area contributed by atoms with Gasteiger partial charge in [-0.25, -0.2) is 0 Å². The van der Waals surface area contributed by atoms with E-state index in [4.69, 9.17) is 4.18 Å². The molecule has 1 fully saturated rings. The summed E-state index contributed by atoms with van der Waals surface area (Å²) in [7, 11) is -3.96. The van der Waals surface area contributed by atoms with Gasteiger partial charge in [0.2, 0.25) is 0 Å². The molecule has 0 spiro atoms. The predicted molar refractivity (Wildman–Crippen MR) is 100.0 cm³/mol. The van der Waals surface area contributed by atoms with Crippen LogP contribution in [0, 0.1) is 18.8 Å². The Labute approximate surface area is 155 Å². The molecule has 2 aromatic rings. The van der Waals surface area contributed by atoms with E-state index >= 15 is 0 Å². The summed E-state index contributed by atoms with van der Waals surface area (Å²) in [5.74, 6) is 5.81. The highest BCUT2D eigenvalue weighted by Crippen LogP contribution is 2.33. The zero-order valence-corrected chi connectivity index (χ0v) is 15.5. The molecule has 0 bridgehead atoms. The summed E-state index contributed by atoms with van der Waals surface area (Å²) in [5.41, 5.74) is 0.254. The van der Waals surface area contributed by atoms with Crippen molar-refractivity contribution in [1.82, 2.24) is 0 Å². The average molecular weight is 370 g/mol. The number of aliphatic hydroxyl groups is 1. The topological polar surface area (TPSA) is 63.6 Å². The molecule has 0 saturated heterocycles. The Morgan fingerprint density at radius 3 is 2.46 bits per heavy atom. The molecule has 0 radical (unpaired) electrons. The van der Waals surface area contributed by atoms with Crippen LogP contribution in [0.2, 0.25) is 0 Å². The lowest BCUT2D eigenvalue weighted by Crippen LogP contribution is -2.46. The minimum atomic E-state index is -3.96. The molecule has 136 valence electrons. The van der Waals surface area contributed by atoms with E-state index in [1.54, 1.807) is 12.1 Å². The third kappa shape index (κ3) is 4.34. The van der Waals surface area contributed by atoms with Crippen molar-refractivity contribution in [3.63, 3.8) is 0 Å². The monoisotopic (exact) mass is 370 g/mol. The molecule has 0 amide bonds. The van der Waals surface area contributed by atoms with Gasteiger partial charge in [-0.2, -0.15) is 8.42 Å². The van der Waals surface area contributed by atoms with E-state index in [2.05, 4.69) is 11.8 Å². The van der Waals surface area contributed by atoms with Gasteiger partial charge in [0.15, 0.2) is 5.60 Å². The predicted octanol–water partition coefficient (Wildman–Crippen LogP) is 3.43. The normalized spacial score (nSPS) is 23.1. The fourth-order valence-electron chi connectivity index (χ4n) is 3.01. The first-order valence-electron chi connectivity index (χ1n) is 8.70. The lowest BCUT2D eigenvalue weighted by atomic mass is 9.82. The van der Waals surface area contributed by atoms with E-state index in [1.807, 2.05) is 37.3 Å². The SMILES string of the molecule is Cc1ccc(S(=O)(=O)OC2CCCCC2(O)C#Cc2ccccc2)cc1. The molecule has 0 heterocycles. The molecule has 26 heavy (non-hydrogen) atoms. The summed E-state index contributed by atoms with van der Waals surface area (Å²) in [6.07, 6.45) is 1.54. The Kier molecular flexibility index (Phi) is 5.47. The van der Waals surface area contributed by atoms with Gasteiger partial charge in [-0.3, -0.25) is 4.18 Å². The van der Waals surface area contributed by atoms with Gasteiger partial charge < -0.3 is 5.11 Å². The quantitative estimate of drug-likeness (QED) is 0.664. The molecule has 1 N–H and O–H groups in total. The van der Waals surface area contributed by atoms with Crippen LogP contribution in [0.25, 0.3) is 0 Å². The van der Waals surface area contributed by atoms with Crippen LogP contribution in [-0.2, 0) is 14.3 Å². The van der Waals surface area contributed by atoms with E-state index < -0.39 is 21.8 Å². The molecule has 3 rings (SSSR count). The lowest BCUT2D eigenvalue weighted by Gasteiger charge is -2.35. The fourth-order valence-corrected chi connectivity index (χ4v) is 4.15. The van der Waals surface area contributed by atoms with Crippen molar-refractivity contribution in [2.24, 2.45) is 0 Å². The van der Waals surface area contributed by atoms with Gasteiger partial charge in [-0.1, -0.05) is 54.2 Å². The van der Waals surface area contributed by atoms with Crippen LogP contribution < -0.4 is 0 Å². The summed E-state index contributed by atoms with van der Waals surface area (Å²) in [5, 5.41) is 11.0. The highest BCUT2D eigenvalue weighted by Gasteiger charge is 2.41. The Hall–Kier alpha value is -2.13. The highest BCUT2D eigenvalue weighted by atomic mass is 32.2. The molecule has 2 unspecified atom stereocenters. The molecule has 1 aliphatic carbocycles. The third-order valence-corrected chi connectivity index (χ3v) is 5.89. The third-order valence-electron chi connectivity index (χ3n) is 4.56. The maximum atomic E-state index is 12.6. The van der Waals surface area contributed by atoms with E-state index in [1.165, 1.54) is 12.1 Å². The van der Waals surface area contributed by atoms with Gasteiger partial charge >= 0.3 is 0 Å². The number of aryl methyl sites for hydroxylation is 1. The molecule has 4 nitrogen and oxygen atoms in total. The van der Waals surface area contributed by atoms with Gasteiger partial charge in [0.1, 0.15) is 6.10 Å². The van der Waals surface area contributed by atoms with Crippen molar-refractivity contribution in [3.8, 4) is 11.8 Å². The van der Waals surface area contributed by atoms with Crippen molar-refractivity contribution in [2.45, 2.75) is 49.2 Å². The van der Waals surface area contributed by atoms with Crippen LogP contribution >= 0.6 is 0 Å². The second-order valence-corrected chi connectivity index (χ2v) is 8.21. The van der Waals surface area contributed by atoms with Crippen molar-refractivity contribution in [3.05, 3.63) is 65.7 Å². The second kappa shape index (κ2) is 7.63. The van der Waals surface area contributed by atoms with E-state index in [0.717, 1.165) is 24.0 Å². The standard InChI is InChI=1S/C21H22O4S/c1-17-10-12-19(13-11-17)26(23,24)25-20-9-5-6-15-21(20,22)16-14-18-7-3-2-4-8-18/h2-4,7-8,10-13,20,22H,5-6,9,15H2,1H3. The van der Waals surface area contributed by atoms with Crippen LogP contribution in [0.4, 0.5) is 0 Å². The van der Waals surface area contributed by atoms with E-state index in [-0.39, 0.29) is 4.90 Å². The zero-order chi connectivity index (χ0) is 18.6. The second-order valence-electron chi connectivity index (χ2n) is 6.64. The lowest BCUT2D eigenvalue weighted by molar-refractivity contribution is -0.0419. The smallest absolute Gasteiger partial charge is 0.297 e. The first-order chi connectivity index (χ1) is 12.4. The number of hydrogen-bond acceptors (Lipinski definition) is 4. The zero-order valence-electron chi connectivity index (χ0n) is 14.7. The van der Waals surface area contributed by atoms with Gasteiger partial charge in [-0.05, 0) is 50.5 Å². The van der Waals surface area contributed by atoms with Gasteiger partial charge in [0.25, 0.3) is 10.1 Å². The van der Waals surface area contributed by atoms with Gasteiger partial charge in [0, 0.05) is 5.56 Å². The fraction of sp³-hybridized carbons (Fsp3) is 0.333. The Bertz CT molecular complexity index is 908. The summed E-state index contributed by atoms with van der Waals surface area (Å²) >= 11 is 0. The highest BCUT2D eigenvalue weighted by molar-refractivity contribution is 7.86. The Balaban J connectivity index is 1.85. The average Bonchev–Trinajstić information content (AvgIpc) is 2.63. The number of rotatable bonds is 3. The Morgan fingerprint density at radius 1 is 1.08 bits per heavy atom. The van der Waals surface area contributed by atoms with Crippen LogP contribution in [-0.4, -0.2) is 25.2 Å². The molecular weight excluding hydrogens is 348 g/mol. The summed E-state index contributed by atoms with van der Waals surface area (Å²) in [6, 6.07) is 15.8. The largest absolute Gasteiger partial charge is 0.375 e. The molecule has 0 aliphatic heterocycles. The first kappa shape index (κ1) is 18.7. The van der Waals surface area contributed by atoms with Crippen molar-refractivity contribution >= 4 is 10.1 Å².